The number of carboxylic acids is 2. The summed E-state index contributed by atoms with van der Waals surface area (Å²) in [6.45, 7) is 5.18. The van der Waals surface area contributed by atoms with Crippen LogP contribution in [0.5, 0.6) is 11.5 Å². The molecule has 29 heavy (non-hydrogen) atoms. The Morgan fingerprint density at radius 2 is 1.07 bits per heavy atom. The normalized spacial score (nSPS) is 9.45. The van der Waals surface area contributed by atoms with E-state index in [9.17, 15) is 19.8 Å². The second kappa shape index (κ2) is 16.1. The van der Waals surface area contributed by atoms with E-state index < -0.39 is 11.9 Å². The van der Waals surface area contributed by atoms with Gasteiger partial charge < -0.3 is 29.3 Å². The van der Waals surface area contributed by atoms with Gasteiger partial charge in [-0.15, -0.1) is 0 Å². The molecule has 152 valence electrons. The van der Waals surface area contributed by atoms with Crippen molar-refractivity contribution in [3.8, 4) is 11.5 Å². The standard InChI is InChI=1S/2C11H14O3.Ca/c2*1-2-3-8-14-10-7-5-4-6-9(10)11(12)13;/h2*4-7H,2-3,8H2,1H3,(H,12,13);/q;;+2/p-2. The third kappa shape index (κ3) is 10.5. The molecule has 0 saturated carbocycles. The van der Waals surface area contributed by atoms with Crippen molar-refractivity contribution in [3.63, 3.8) is 0 Å². The van der Waals surface area contributed by atoms with Crippen LogP contribution in [0.2, 0.25) is 0 Å². The van der Waals surface area contributed by atoms with E-state index in [1.807, 2.05) is 13.8 Å². The number of carboxylic acid groups (broad SMARTS) is 2. The van der Waals surface area contributed by atoms with E-state index in [-0.39, 0.29) is 48.9 Å². The molecule has 0 saturated heterocycles. The van der Waals surface area contributed by atoms with Crippen molar-refractivity contribution in [1.82, 2.24) is 0 Å². The molecule has 6 nitrogen and oxygen atoms in total. The predicted molar refractivity (Wildman–Crippen MR) is 108 cm³/mol. The Balaban J connectivity index is 0.000000523. The van der Waals surface area contributed by atoms with E-state index >= 15 is 0 Å². The molecule has 0 spiro atoms. The minimum atomic E-state index is -1.20. The number of rotatable bonds is 10. The minimum Gasteiger partial charge on any atom is -0.545 e. The largest absolute Gasteiger partial charge is 2.00 e. The summed E-state index contributed by atoms with van der Waals surface area (Å²) in [5.74, 6) is -1.61. The zero-order valence-electron chi connectivity index (χ0n) is 17.0. The number of hydrogen-bond acceptors (Lipinski definition) is 6. The SMILES string of the molecule is CCCCOc1ccccc1C(=O)[O-].CCCCOc1ccccc1C(=O)[O-].[Ca+2]. The maximum atomic E-state index is 10.7. The summed E-state index contributed by atoms with van der Waals surface area (Å²) < 4.78 is 10.6. The van der Waals surface area contributed by atoms with Gasteiger partial charge in [0.2, 0.25) is 0 Å². The van der Waals surface area contributed by atoms with Crippen LogP contribution in [0.3, 0.4) is 0 Å². The number of carbonyl (C=O) groups excluding carboxylic acids is 2. The Kier molecular flexibility index (Phi) is 15.1. The molecule has 0 N–H and O–H groups in total. The van der Waals surface area contributed by atoms with Gasteiger partial charge in [-0.1, -0.05) is 51.0 Å². The third-order valence-electron chi connectivity index (χ3n) is 3.72. The summed E-state index contributed by atoms with van der Waals surface area (Å²) >= 11 is 0. The number of aromatic carboxylic acids is 2. The van der Waals surface area contributed by atoms with E-state index in [1.165, 1.54) is 12.1 Å². The fourth-order valence-corrected chi connectivity index (χ4v) is 2.18. The average Bonchev–Trinajstić information content (AvgIpc) is 2.69. The van der Waals surface area contributed by atoms with Gasteiger partial charge in [-0.3, -0.25) is 0 Å². The van der Waals surface area contributed by atoms with Crippen molar-refractivity contribution < 1.29 is 29.3 Å². The van der Waals surface area contributed by atoms with Crippen molar-refractivity contribution in [3.05, 3.63) is 59.7 Å². The molecule has 0 aliphatic carbocycles. The number of para-hydroxylation sites is 2. The van der Waals surface area contributed by atoms with Gasteiger partial charge in [0.15, 0.2) is 0 Å². The summed E-state index contributed by atoms with van der Waals surface area (Å²) in [7, 11) is 0. The minimum absolute atomic E-state index is 0. The summed E-state index contributed by atoms with van der Waals surface area (Å²) in [6.07, 6.45) is 3.88. The molecule has 0 aliphatic rings. The van der Waals surface area contributed by atoms with E-state index in [4.69, 9.17) is 9.47 Å². The van der Waals surface area contributed by atoms with Gasteiger partial charge in [-0.05, 0) is 37.1 Å². The third-order valence-corrected chi connectivity index (χ3v) is 3.72. The van der Waals surface area contributed by atoms with E-state index in [0.29, 0.717) is 24.7 Å². The molecule has 2 rings (SSSR count). The van der Waals surface area contributed by atoms with Crippen molar-refractivity contribution in [2.75, 3.05) is 13.2 Å². The van der Waals surface area contributed by atoms with Gasteiger partial charge in [0, 0.05) is 11.1 Å². The molecule has 0 aliphatic heterocycles. The van der Waals surface area contributed by atoms with Crippen molar-refractivity contribution in [1.29, 1.82) is 0 Å². The molecule has 2 aromatic rings. The predicted octanol–water partition coefficient (Wildman–Crippen LogP) is 2.08. The summed E-state index contributed by atoms with van der Waals surface area (Å²) in [4.78, 5) is 21.3. The Bertz CT molecular complexity index is 684. The first-order chi connectivity index (χ1) is 13.5. The van der Waals surface area contributed by atoms with E-state index in [1.54, 1.807) is 36.4 Å². The summed E-state index contributed by atoms with van der Waals surface area (Å²) in [5.41, 5.74) is 0.229. The van der Waals surface area contributed by atoms with Gasteiger partial charge in [0.05, 0.1) is 25.2 Å². The molecule has 0 aromatic heterocycles. The molecule has 0 fully saturated rings. The Morgan fingerprint density at radius 1 is 0.724 bits per heavy atom. The first kappa shape index (κ1) is 27.2. The van der Waals surface area contributed by atoms with Gasteiger partial charge in [-0.25, -0.2) is 0 Å². The summed E-state index contributed by atoms with van der Waals surface area (Å²) in [6, 6.07) is 13.0. The fourth-order valence-electron chi connectivity index (χ4n) is 2.18. The van der Waals surface area contributed by atoms with Crippen molar-refractivity contribution >= 4 is 49.7 Å². The molecular formula is C22H26CaO6. The molecule has 0 atom stereocenters. The zero-order valence-corrected chi connectivity index (χ0v) is 19.2. The van der Waals surface area contributed by atoms with Crippen LogP contribution < -0.4 is 19.7 Å². The number of ether oxygens (including phenoxy) is 2. The second-order valence-electron chi connectivity index (χ2n) is 5.97. The average molecular weight is 427 g/mol. The van der Waals surface area contributed by atoms with Crippen LogP contribution in [0.4, 0.5) is 0 Å². The Morgan fingerprint density at radius 3 is 1.38 bits per heavy atom. The smallest absolute Gasteiger partial charge is 0.545 e. The number of unbranched alkanes of at least 4 members (excludes halogenated alkanes) is 2. The molecule has 7 heteroatoms. The van der Waals surface area contributed by atoms with Crippen LogP contribution in [0, 0.1) is 0 Å². The van der Waals surface area contributed by atoms with Gasteiger partial charge in [0.1, 0.15) is 11.5 Å². The van der Waals surface area contributed by atoms with Gasteiger partial charge in [0.25, 0.3) is 0 Å². The fraction of sp³-hybridized carbons (Fsp3) is 0.364. The van der Waals surface area contributed by atoms with Crippen molar-refractivity contribution in [2.45, 2.75) is 39.5 Å². The molecule has 0 heterocycles. The quantitative estimate of drug-likeness (QED) is 0.426. The monoisotopic (exact) mass is 426 g/mol. The molecule has 2 aromatic carbocycles. The maximum Gasteiger partial charge on any atom is 2.00 e. The molecule has 0 bridgehead atoms. The number of carbonyl (C=O) groups is 2. The first-order valence-electron chi connectivity index (χ1n) is 9.37. The topological polar surface area (TPSA) is 98.7 Å². The van der Waals surface area contributed by atoms with Crippen molar-refractivity contribution in [2.24, 2.45) is 0 Å². The van der Waals surface area contributed by atoms with Gasteiger partial charge >= 0.3 is 37.7 Å². The van der Waals surface area contributed by atoms with Crippen LogP contribution in [0.15, 0.2) is 48.5 Å². The number of benzene rings is 2. The maximum absolute atomic E-state index is 10.7. The first-order valence-corrected chi connectivity index (χ1v) is 9.37. The van der Waals surface area contributed by atoms with Gasteiger partial charge in [-0.2, -0.15) is 0 Å². The molecule has 0 amide bonds. The number of hydrogen-bond donors (Lipinski definition) is 0. The van der Waals surface area contributed by atoms with Crippen LogP contribution >= 0.6 is 0 Å². The van der Waals surface area contributed by atoms with E-state index in [2.05, 4.69) is 0 Å². The van der Waals surface area contributed by atoms with Crippen LogP contribution in [-0.2, 0) is 0 Å². The molecular weight excluding hydrogens is 400 g/mol. The van der Waals surface area contributed by atoms with Crippen LogP contribution in [0.1, 0.15) is 60.2 Å². The van der Waals surface area contributed by atoms with E-state index in [0.717, 1.165) is 25.7 Å². The Labute approximate surface area is 201 Å². The Hall–Kier alpha value is -1.76. The van der Waals surface area contributed by atoms with Crippen LogP contribution in [-0.4, -0.2) is 62.9 Å². The molecule has 0 radical (unpaired) electrons. The zero-order chi connectivity index (χ0) is 20.8. The summed E-state index contributed by atoms with van der Waals surface area (Å²) in [5, 5.41) is 21.3. The molecule has 0 unspecified atom stereocenters. The second-order valence-corrected chi connectivity index (χ2v) is 5.97. The van der Waals surface area contributed by atoms with Crippen LogP contribution in [0.25, 0.3) is 0 Å².